The van der Waals surface area contributed by atoms with Gasteiger partial charge in [0, 0.05) is 16.8 Å². The molecule has 2 heterocycles. The number of fused-ring (bicyclic) bond motifs is 2. The average molecular weight is 310 g/mol. The van der Waals surface area contributed by atoms with Crippen LogP contribution < -0.4 is 5.32 Å². The van der Waals surface area contributed by atoms with E-state index in [0.29, 0.717) is 12.6 Å². The van der Waals surface area contributed by atoms with Gasteiger partial charge >= 0.3 is 0 Å². The number of para-hydroxylation sites is 2. The lowest BCUT2D eigenvalue weighted by atomic mass is 10.1. The molecule has 1 atom stereocenters. The van der Waals surface area contributed by atoms with Crippen molar-refractivity contribution in [2.75, 3.05) is 11.9 Å². The SMILES string of the molecule is OC(CNc1nc2ccccc2o1)c1csc2ccccc12. The number of oxazole rings is 1. The summed E-state index contributed by atoms with van der Waals surface area (Å²) in [6.45, 7) is 0.355. The van der Waals surface area contributed by atoms with Gasteiger partial charge in [0.2, 0.25) is 0 Å². The van der Waals surface area contributed by atoms with Crippen LogP contribution in [0.2, 0.25) is 0 Å². The Hall–Kier alpha value is -2.37. The lowest BCUT2D eigenvalue weighted by Crippen LogP contribution is -2.11. The second-order valence-corrected chi connectivity index (χ2v) is 5.98. The van der Waals surface area contributed by atoms with Crippen molar-refractivity contribution in [1.82, 2.24) is 4.98 Å². The summed E-state index contributed by atoms with van der Waals surface area (Å²) in [5, 5.41) is 16.6. The zero-order valence-corrected chi connectivity index (χ0v) is 12.5. The third kappa shape index (κ3) is 2.34. The molecule has 0 spiro atoms. The van der Waals surface area contributed by atoms with Crippen molar-refractivity contribution in [3.63, 3.8) is 0 Å². The van der Waals surface area contributed by atoms with Crippen molar-refractivity contribution < 1.29 is 9.52 Å². The molecule has 1 unspecified atom stereocenters. The average Bonchev–Trinajstić information content (AvgIpc) is 3.16. The van der Waals surface area contributed by atoms with Crippen molar-refractivity contribution in [3.8, 4) is 0 Å². The molecule has 2 N–H and O–H groups in total. The highest BCUT2D eigenvalue weighted by molar-refractivity contribution is 7.17. The number of anilines is 1. The van der Waals surface area contributed by atoms with Gasteiger partial charge < -0.3 is 14.8 Å². The minimum Gasteiger partial charge on any atom is -0.424 e. The molecule has 4 rings (SSSR count). The molecular formula is C17H14N2O2S. The maximum absolute atomic E-state index is 10.4. The van der Waals surface area contributed by atoms with Gasteiger partial charge in [0.1, 0.15) is 5.52 Å². The number of hydrogen-bond acceptors (Lipinski definition) is 5. The van der Waals surface area contributed by atoms with Crippen LogP contribution in [0.3, 0.4) is 0 Å². The van der Waals surface area contributed by atoms with Gasteiger partial charge in [0.15, 0.2) is 5.58 Å². The lowest BCUT2D eigenvalue weighted by Gasteiger charge is -2.10. The van der Waals surface area contributed by atoms with E-state index in [4.69, 9.17) is 4.42 Å². The van der Waals surface area contributed by atoms with E-state index in [1.54, 1.807) is 11.3 Å². The first kappa shape index (κ1) is 13.3. The lowest BCUT2D eigenvalue weighted by molar-refractivity contribution is 0.193. The van der Waals surface area contributed by atoms with Crippen molar-refractivity contribution in [3.05, 3.63) is 59.5 Å². The number of nitrogens with one attached hydrogen (secondary N) is 1. The Labute approximate surface area is 131 Å². The number of benzene rings is 2. The summed E-state index contributed by atoms with van der Waals surface area (Å²) in [6.07, 6.45) is -0.605. The fraction of sp³-hybridized carbons (Fsp3) is 0.118. The van der Waals surface area contributed by atoms with Crippen LogP contribution in [0, 0.1) is 0 Å². The largest absolute Gasteiger partial charge is 0.424 e. The molecule has 0 amide bonds. The number of hydrogen-bond donors (Lipinski definition) is 2. The van der Waals surface area contributed by atoms with Gasteiger partial charge in [-0.1, -0.05) is 30.3 Å². The van der Waals surface area contributed by atoms with Gasteiger partial charge in [-0.05, 0) is 29.0 Å². The molecule has 2 aromatic carbocycles. The number of aliphatic hydroxyl groups is 1. The zero-order valence-electron chi connectivity index (χ0n) is 11.7. The van der Waals surface area contributed by atoms with E-state index in [1.807, 2.05) is 47.8 Å². The molecule has 4 aromatic rings. The number of thiophene rings is 1. The summed E-state index contributed by atoms with van der Waals surface area (Å²) in [7, 11) is 0. The predicted octanol–water partition coefficient (Wildman–Crippen LogP) is 4.19. The fourth-order valence-electron chi connectivity index (χ4n) is 2.50. The molecule has 0 aliphatic carbocycles. The molecule has 2 aromatic heterocycles. The highest BCUT2D eigenvalue weighted by Gasteiger charge is 2.14. The minimum atomic E-state index is -0.605. The van der Waals surface area contributed by atoms with Crippen LogP contribution in [-0.2, 0) is 0 Å². The number of aliphatic hydroxyl groups excluding tert-OH is 1. The first-order valence-corrected chi connectivity index (χ1v) is 7.93. The van der Waals surface area contributed by atoms with Gasteiger partial charge in [-0.2, -0.15) is 4.98 Å². The zero-order chi connectivity index (χ0) is 14.9. The van der Waals surface area contributed by atoms with E-state index >= 15 is 0 Å². The highest BCUT2D eigenvalue weighted by atomic mass is 32.1. The summed E-state index contributed by atoms with van der Waals surface area (Å²) in [5.41, 5.74) is 2.48. The Morgan fingerprint density at radius 1 is 1.14 bits per heavy atom. The monoisotopic (exact) mass is 310 g/mol. The third-order valence-electron chi connectivity index (χ3n) is 3.61. The molecule has 4 nitrogen and oxygen atoms in total. The molecule has 0 aliphatic rings. The van der Waals surface area contributed by atoms with Crippen molar-refractivity contribution in [1.29, 1.82) is 0 Å². The molecule has 110 valence electrons. The van der Waals surface area contributed by atoms with Crippen LogP contribution >= 0.6 is 11.3 Å². The van der Waals surface area contributed by atoms with E-state index in [0.717, 1.165) is 22.0 Å². The second kappa shape index (κ2) is 5.44. The van der Waals surface area contributed by atoms with Gasteiger partial charge in [-0.25, -0.2) is 0 Å². The first-order valence-electron chi connectivity index (χ1n) is 7.05. The highest BCUT2D eigenvalue weighted by Crippen LogP contribution is 2.30. The van der Waals surface area contributed by atoms with Gasteiger partial charge in [-0.15, -0.1) is 11.3 Å². The van der Waals surface area contributed by atoms with Gasteiger partial charge in [0.05, 0.1) is 6.10 Å². The minimum absolute atomic E-state index is 0.355. The summed E-state index contributed by atoms with van der Waals surface area (Å²) >= 11 is 1.64. The molecule has 5 heteroatoms. The van der Waals surface area contributed by atoms with E-state index in [2.05, 4.69) is 16.4 Å². The van der Waals surface area contributed by atoms with Crippen LogP contribution in [0.25, 0.3) is 21.2 Å². The predicted molar refractivity (Wildman–Crippen MR) is 89.3 cm³/mol. The van der Waals surface area contributed by atoms with Crippen LogP contribution in [0.1, 0.15) is 11.7 Å². The van der Waals surface area contributed by atoms with Crippen molar-refractivity contribution in [2.45, 2.75) is 6.10 Å². The molecule has 22 heavy (non-hydrogen) atoms. The smallest absolute Gasteiger partial charge is 0.295 e. The molecule has 0 fully saturated rings. The molecule has 0 aliphatic heterocycles. The Morgan fingerprint density at radius 3 is 2.86 bits per heavy atom. The van der Waals surface area contributed by atoms with Gasteiger partial charge in [-0.3, -0.25) is 0 Å². The van der Waals surface area contributed by atoms with Crippen LogP contribution in [-0.4, -0.2) is 16.6 Å². The quantitative estimate of drug-likeness (QED) is 0.593. The topological polar surface area (TPSA) is 58.3 Å². The Kier molecular flexibility index (Phi) is 3.29. The second-order valence-electron chi connectivity index (χ2n) is 5.07. The summed E-state index contributed by atoms with van der Waals surface area (Å²) in [4.78, 5) is 4.34. The van der Waals surface area contributed by atoms with Crippen LogP contribution in [0.4, 0.5) is 6.01 Å². The number of nitrogens with zero attached hydrogens (tertiary/aromatic N) is 1. The summed E-state index contributed by atoms with van der Waals surface area (Å²) in [5.74, 6) is 0. The van der Waals surface area contributed by atoms with Crippen LogP contribution in [0.5, 0.6) is 0 Å². The fourth-order valence-corrected chi connectivity index (χ4v) is 3.51. The van der Waals surface area contributed by atoms with E-state index in [-0.39, 0.29) is 0 Å². The van der Waals surface area contributed by atoms with Crippen molar-refractivity contribution >= 4 is 38.5 Å². The van der Waals surface area contributed by atoms with E-state index in [1.165, 1.54) is 4.70 Å². The first-order chi connectivity index (χ1) is 10.8. The van der Waals surface area contributed by atoms with E-state index < -0.39 is 6.10 Å². The maximum Gasteiger partial charge on any atom is 0.295 e. The molecule has 0 saturated heterocycles. The Bertz CT molecular complexity index is 895. The molecule has 0 saturated carbocycles. The molecule has 0 bridgehead atoms. The molecule has 0 radical (unpaired) electrons. The third-order valence-corrected chi connectivity index (χ3v) is 4.59. The van der Waals surface area contributed by atoms with E-state index in [9.17, 15) is 5.11 Å². The standard InChI is InChI=1S/C17H14N2O2S/c20-14(12-10-22-16-8-4-1-5-11(12)16)9-18-17-19-13-6-2-3-7-15(13)21-17/h1-8,10,14,20H,9H2,(H,18,19). The normalized spacial score (nSPS) is 12.8. The summed E-state index contributed by atoms with van der Waals surface area (Å²) < 4.78 is 6.77. The number of rotatable bonds is 4. The van der Waals surface area contributed by atoms with Crippen molar-refractivity contribution in [2.24, 2.45) is 0 Å². The maximum atomic E-state index is 10.4. The Morgan fingerprint density at radius 2 is 1.95 bits per heavy atom. The van der Waals surface area contributed by atoms with Crippen LogP contribution in [0.15, 0.2) is 58.3 Å². The van der Waals surface area contributed by atoms with Gasteiger partial charge in [0.25, 0.3) is 6.01 Å². The Balaban J connectivity index is 1.53. The number of aromatic nitrogens is 1. The molecular weight excluding hydrogens is 296 g/mol. The summed E-state index contributed by atoms with van der Waals surface area (Å²) in [6, 6.07) is 16.1.